The van der Waals surface area contributed by atoms with Gasteiger partial charge in [0.25, 0.3) is 0 Å². The van der Waals surface area contributed by atoms with Crippen LogP contribution in [0.25, 0.3) is 0 Å². The van der Waals surface area contributed by atoms with Crippen LogP contribution in [0, 0.1) is 52.8 Å². The number of fused-ring (bicyclic) bond motifs is 5. The van der Waals surface area contributed by atoms with E-state index in [0.717, 1.165) is 51.4 Å². The molecule has 25 heavy (non-hydrogen) atoms. The molecule has 0 aromatic heterocycles. The highest BCUT2D eigenvalue weighted by atomic mass is 16.3. The quantitative estimate of drug-likeness (QED) is 0.522. The van der Waals surface area contributed by atoms with E-state index in [9.17, 15) is 10.2 Å². The third-order valence-electron chi connectivity index (χ3n) is 8.57. The van der Waals surface area contributed by atoms with Gasteiger partial charge in [-0.2, -0.15) is 0 Å². The molecule has 134 valence electrons. The van der Waals surface area contributed by atoms with Gasteiger partial charge in [-0.05, 0) is 86.4 Å². The lowest BCUT2D eigenvalue weighted by atomic mass is 9.47. The predicted octanol–water partition coefficient (Wildman–Crippen LogP) is 3.68. The van der Waals surface area contributed by atoms with E-state index >= 15 is 0 Å². The van der Waals surface area contributed by atoms with E-state index in [4.69, 9.17) is 6.42 Å². The summed E-state index contributed by atoms with van der Waals surface area (Å²) in [6, 6.07) is 0. The molecule has 2 N–H and O–H groups in total. The van der Waals surface area contributed by atoms with Crippen molar-refractivity contribution >= 4 is 0 Å². The highest BCUT2D eigenvalue weighted by Crippen LogP contribution is 2.67. The molecule has 3 unspecified atom stereocenters. The lowest BCUT2D eigenvalue weighted by Gasteiger charge is -2.58. The first-order valence-corrected chi connectivity index (χ1v) is 9.92. The molecule has 0 heterocycles. The van der Waals surface area contributed by atoms with Crippen molar-refractivity contribution in [2.24, 2.45) is 28.6 Å². The zero-order valence-corrected chi connectivity index (χ0v) is 15.5. The van der Waals surface area contributed by atoms with E-state index in [1.807, 2.05) is 0 Å². The Balaban J connectivity index is 1.68. The maximum atomic E-state index is 11.3. The summed E-state index contributed by atoms with van der Waals surface area (Å²) < 4.78 is 0. The third-order valence-corrected chi connectivity index (χ3v) is 8.57. The topological polar surface area (TPSA) is 40.5 Å². The standard InChI is InChI=1S/C23H30O2/c1-4-5-11-23(25)14-10-20-18-7-6-16-15-17(24)8-12-21(16,2)19(18)9-13-22(20,23)3/h1,6,17-20,24-25H,7-10,12-15H2,2-3H3/t17-,18?,19?,20?,21-,22-,23-/m0/s1. The summed E-state index contributed by atoms with van der Waals surface area (Å²) in [4.78, 5) is 0. The van der Waals surface area contributed by atoms with Gasteiger partial charge in [-0.3, -0.25) is 0 Å². The summed E-state index contributed by atoms with van der Waals surface area (Å²) >= 11 is 0. The van der Waals surface area contributed by atoms with E-state index in [0.29, 0.717) is 17.8 Å². The van der Waals surface area contributed by atoms with Crippen molar-refractivity contribution in [1.82, 2.24) is 0 Å². The van der Waals surface area contributed by atoms with Crippen LogP contribution < -0.4 is 0 Å². The molecular weight excluding hydrogens is 308 g/mol. The largest absolute Gasteiger partial charge is 0.393 e. The number of terminal acetylenes is 1. The zero-order valence-electron chi connectivity index (χ0n) is 15.5. The second-order valence-electron chi connectivity index (χ2n) is 9.41. The van der Waals surface area contributed by atoms with Crippen LogP contribution in [-0.4, -0.2) is 21.9 Å². The Bertz CT molecular complexity index is 704. The number of rotatable bonds is 0. The van der Waals surface area contributed by atoms with E-state index in [1.165, 1.54) is 5.57 Å². The van der Waals surface area contributed by atoms with Crippen LogP contribution in [0.5, 0.6) is 0 Å². The number of hydrogen-bond donors (Lipinski definition) is 2. The molecule has 0 saturated heterocycles. The Kier molecular flexibility index (Phi) is 3.88. The van der Waals surface area contributed by atoms with Gasteiger partial charge in [-0.25, -0.2) is 0 Å². The molecule has 0 aromatic rings. The Morgan fingerprint density at radius 1 is 1.12 bits per heavy atom. The van der Waals surface area contributed by atoms with Crippen molar-refractivity contribution in [3.05, 3.63) is 11.6 Å². The highest BCUT2D eigenvalue weighted by molar-refractivity contribution is 5.33. The highest BCUT2D eigenvalue weighted by Gasteiger charge is 2.63. The van der Waals surface area contributed by atoms with Crippen molar-refractivity contribution in [2.45, 2.75) is 76.9 Å². The van der Waals surface area contributed by atoms with Crippen LogP contribution in [0.1, 0.15) is 65.2 Å². The van der Waals surface area contributed by atoms with Gasteiger partial charge >= 0.3 is 0 Å². The predicted molar refractivity (Wildman–Crippen MR) is 99.3 cm³/mol. The molecule has 4 aliphatic rings. The number of aliphatic hydroxyl groups is 2. The molecule has 0 amide bonds. The van der Waals surface area contributed by atoms with Gasteiger partial charge in [0.15, 0.2) is 0 Å². The minimum Gasteiger partial charge on any atom is -0.393 e. The lowest BCUT2D eigenvalue weighted by Crippen LogP contribution is -2.54. The molecule has 0 bridgehead atoms. The van der Waals surface area contributed by atoms with Gasteiger partial charge in [0.05, 0.1) is 6.10 Å². The van der Waals surface area contributed by atoms with E-state index in [-0.39, 0.29) is 16.9 Å². The maximum Gasteiger partial charge on any atom is 0.132 e. The Morgan fingerprint density at radius 2 is 1.88 bits per heavy atom. The molecule has 0 spiro atoms. The van der Waals surface area contributed by atoms with Crippen molar-refractivity contribution in [3.63, 3.8) is 0 Å². The second kappa shape index (κ2) is 5.64. The van der Waals surface area contributed by atoms with E-state index in [1.54, 1.807) is 0 Å². The summed E-state index contributed by atoms with van der Waals surface area (Å²) in [6.07, 6.45) is 15.6. The fourth-order valence-electron chi connectivity index (χ4n) is 7.00. The Morgan fingerprint density at radius 3 is 2.64 bits per heavy atom. The van der Waals surface area contributed by atoms with Crippen LogP contribution in [0.15, 0.2) is 11.6 Å². The molecule has 4 rings (SSSR count). The molecular formula is C23H30O2. The van der Waals surface area contributed by atoms with Gasteiger partial charge in [0.2, 0.25) is 0 Å². The van der Waals surface area contributed by atoms with Crippen molar-refractivity contribution in [2.75, 3.05) is 0 Å². The minimum absolute atomic E-state index is 0.145. The summed E-state index contributed by atoms with van der Waals surface area (Å²) in [5, 5.41) is 21.4. The van der Waals surface area contributed by atoms with Crippen LogP contribution in [0.4, 0.5) is 0 Å². The first-order valence-electron chi connectivity index (χ1n) is 9.92. The maximum absolute atomic E-state index is 11.3. The van der Waals surface area contributed by atoms with Crippen molar-refractivity contribution < 1.29 is 10.2 Å². The minimum atomic E-state index is -0.928. The molecule has 7 atom stereocenters. The lowest BCUT2D eigenvalue weighted by molar-refractivity contribution is -0.0970. The van der Waals surface area contributed by atoms with Gasteiger partial charge < -0.3 is 10.2 Å². The van der Waals surface area contributed by atoms with Crippen LogP contribution in [0.3, 0.4) is 0 Å². The smallest absolute Gasteiger partial charge is 0.132 e. The SMILES string of the molecule is C#CC#C[C@]1(O)CCC2C3CC=C4C[C@@H](O)CC[C@]4(C)C3CC[C@@]21C. The molecule has 0 aromatic carbocycles. The van der Waals surface area contributed by atoms with Crippen LogP contribution in [0.2, 0.25) is 0 Å². The van der Waals surface area contributed by atoms with E-state index in [2.05, 4.69) is 37.7 Å². The van der Waals surface area contributed by atoms with Gasteiger partial charge in [-0.15, -0.1) is 6.42 Å². The second-order valence-corrected chi connectivity index (χ2v) is 9.41. The molecule has 0 aliphatic heterocycles. The van der Waals surface area contributed by atoms with Crippen LogP contribution in [-0.2, 0) is 0 Å². The molecule has 4 aliphatic carbocycles. The average molecular weight is 338 g/mol. The Hall–Kier alpha value is -1.22. The third kappa shape index (κ3) is 2.27. The van der Waals surface area contributed by atoms with E-state index < -0.39 is 5.60 Å². The molecule has 2 nitrogen and oxygen atoms in total. The van der Waals surface area contributed by atoms with Crippen molar-refractivity contribution in [3.8, 4) is 24.2 Å². The fraction of sp³-hybridized carbons (Fsp3) is 0.739. The van der Waals surface area contributed by atoms with Gasteiger partial charge in [-0.1, -0.05) is 31.4 Å². The average Bonchev–Trinajstić information content (AvgIpc) is 2.85. The Labute approximate surface area is 152 Å². The van der Waals surface area contributed by atoms with Crippen LogP contribution >= 0.6 is 0 Å². The molecule has 3 saturated carbocycles. The molecule has 2 heteroatoms. The summed E-state index contributed by atoms with van der Waals surface area (Å²) in [5.74, 6) is 9.95. The molecule has 0 radical (unpaired) electrons. The molecule has 3 fully saturated rings. The van der Waals surface area contributed by atoms with Gasteiger partial charge in [0, 0.05) is 5.41 Å². The summed E-state index contributed by atoms with van der Waals surface area (Å²) in [7, 11) is 0. The number of hydrogen-bond acceptors (Lipinski definition) is 2. The number of aliphatic hydroxyl groups excluding tert-OH is 1. The normalized spacial score (nSPS) is 51.1. The fourth-order valence-corrected chi connectivity index (χ4v) is 7.00. The van der Waals surface area contributed by atoms with Gasteiger partial charge in [0.1, 0.15) is 5.60 Å². The first-order chi connectivity index (χ1) is 11.8. The van der Waals surface area contributed by atoms with Crippen molar-refractivity contribution in [1.29, 1.82) is 0 Å². The monoisotopic (exact) mass is 338 g/mol. The number of allylic oxidation sites excluding steroid dienone is 1. The summed E-state index contributed by atoms with van der Waals surface area (Å²) in [5.41, 5.74) is 0.669. The first kappa shape index (κ1) is 17.2. The zero-order chi connectivity index (χ0) is 17.9. The summed E-state index contributed by atoms with van der Waals surface area (Å²) in [6.45, 7) is 4.68.